The molecule has 1 aromatic heterocycles. The van der Waals surface area contributed by atoms with Crippen LogP contribution in [-0.4, -0.2) is 69.5 Å². The van der Waals surface area contributed by atoms with E-state index in [2.05, 4.69) is 25.9 Å². The maximum atomic E-state index is 13.2. The van der Waals surface area contributed by atoms with Crippen molar-refractivity contribution in [3.8, 4) is 0 Å². The number of nitrogens with two attached hydrogens (primary N) is 2. The van der Waals surface area contributed by atoms with Crippen molar-refractivity contribution in [2.45, 2.75) is 70.1 Å². The second-order valence-corrected chi connectivity index (χ2v) is 9.55. The van der Waals surface area contributed by atoms with Crippen LogP contribution in [0.4, 0.5) is 0 Å². The molecule has 208 valence electrons. The number of unbranched alkanes of at least 4 members (excludes halogenated alkanes) is 1. The maximum absolute atomic E-state index is 13.2. The number of aromatic nitrogens is 2. The van der Waals surface area contributed by atoms with Crippen LogP contribution in [0.15, 0.2) is 42.9 Å². The number of H-pyrrole nitrogens is 1. The van der Waals surface area contributed by atoms with Gasteiger partial charge in [0.25, 0.3) is 0 Å². The van der Waals surface area contributed by atoms with Crippen LogP contribution in [0.2, 0.25) is 0 Å². The maximum Gasteiger partial charge on any atom is 0.326 e. The zero-order chi connectivity index (χ0) is 28.1. The van der Waals surface area contributed by atoms with Gasteiger partial charge in [0.15, 0.2) is 0 Å². The molecule has 2 aromatic rings. The minimum atomic E-state index is -1.22. The molecule has 38 heavy (non-hydrogen) atoms. The van der Waals surface area contributed by atoms with Gasteiger partial charge in [0, 0.05) is 18.3 Å². The number of carbonyl (C=O) groups excluding carboxylic acids is 3. The molecule has 0 fully saturated rings. The first-order chi connectivity index (χ1) is 18.1. The standard InChI is InChI=1S/C26H39N7O5/c1-16(2)22(25(36)32-21(26(37)38)13-18-14-29-15-30-18)33-24(35)20(10-6-7-11-27)31-23(34)19(28)12-17-8-4-3-5-9-17/h3-5,8-9,14-16,19-22H,6-7,10-13,27-28H2,1-2H3,(H,29,30)(H,31,34)(H,32,36)(H,33,35)(H,37,38). The van der Waals surface area contributed by atoms with Crippen LogP contribution < -0.4 is 27.4 Å². The van der Waals surface area contributed by atoms with E-state index in [1.807, 2.05) is 30.3 Å². The van der Waals surface area contributed by atoms with Gasteiger partial charge in [0.05, 0.1) is 12.4 Å². The quantitative estimate of drug-likeness (QED) is 0.145. The van der Waals surface area contributed by atoms with Crippen molar-refractivity contribution in [1.82, 2.24) is 25.9 Å². The number of aromatic amines is 1. The molecule has 1 aromatic carbocycles. The van der Waals surface area contributed by atoms with Crippen LogP contribution in [0.5, 0.6) is 0 Å². The third-order valence-corrected chi connectivity index (χ3v) is 6.06. The van der Waals surface area contributed by atoms with Crippen molar-refractivity contribution in [3.05, 3.63) is 54.1 Å². The smallest absolute Gasteiger partial charge is 0.326 e. The summed E-state index contributed by atoms with van der Waals surface area (Å²) in [6.07, 6.45) is 4.71. The molecule has 12 nitrogen and oxygen atoms in total. The summed E-state index contributed by atoms with van der Waals surface area (Å²) in [7, 11) is 0. The Kier molecular flexibility index (Phi) is 12.4. The molecule has 0 aliphatic carbocycles. The number of hydrogen-bond acceptors (Lipinski definition) is 7. The van der Waals surface area contributed by atoms with Gasteiger partial charge in [-0.3, -0.25) is 14.4 Å². The van der Waals surface area contributed by atoms with E-state index < -0.39 is 47.9 Å². The van der Waals surface area contributed by atoms with Crippen LogP contribution >= 0.6 is 0 Å². The van der Waals surface area contributed by atoms with E-state index in [4.69, 9.17) is 11.5 Å². The lowest BCUT2D eigenvalue weighted by Gasteiger charge is -2.27. The van der Waals surface area contributed by atoms with Gasteiger partial charge in [-0.15, -0.1) is 0 Å². The van der Waals surface area contributed by atoms with Crippen LogP contribution in [0.1, 0.15) is 44.4 Å². The zero-order valence-electron chi connectivity index (χ0n) is 21.9. The van der Waals surface area contributed by atoms with Crippen molar-refractivity contribution in [2.75, 3.05) is 6.54 Å². The van der Waals surface area contributed by atoms with E-state index in [0.717, 1.165) is 5.56 Å². The molecule has 2 rings (SSSR count). The molecular weight excluding hydrogens is 490 g/mol. The number of carboxylic acids is 1. The Balaban J connectivity index is 2.08. The fraction of sp³-hybridized carbons (Fsp3) is 0.500. The Morgan fingerprint density at radius 1 is 0.947 bits per heavy atom. The predicted octanol–water partition coefficient (Wildman–Crippen LogP) is -0.154. The molecule has 0 saturated carbocycles. The van der Waals surface area contributed by atoms with Crippen molar-refractivity contribution >= 4 is 23.7 Å². The average molecular weight is 530 g/mol. The second kappa shape index (κ2) is 15.5. The SMILES string of the molecule is CC(C)C(NC(=O)C(CCCCN)NC(=O)C(N)Cc1ccccc1)C(=O)NC(Cc1cnc[nH]1)C(=O)O. The van der Waals surface area contributed by atoms with E-state index in [9.17, 15) is 24.3 Å². The summed E-state index contributed by atoms with van der Waals surface area (Å²) in [6, 6.07) is 5.23. The number of nitrogens with one attached hydrogen (secondary N) is 4. The lowest BCUT2D eigenvalue weighted by Crippen LogP contribution is -2.58. The second-order valence-electron chi connectivity index (χ2n) is 9.55. The molecule has 0 aliphatic heterocycles. The van der Waals surface area contributed by atoms with Crippen molar-refractivity contribution in [3.63, 3.8) is 0 Å². The van der Waals surface area contributed by atoms with Gasteiger partial charge in [0.2, 0.25) is 17.7 Å². The van der Waals surface area contributed by atoms with Crippen LogP contribution in [0.25, 0.3) is 0 Å². The van der Waals surface area contributed by atoms with Crippen molar-refractivity contribution < 1.29 is 24.3 Å². The number of nitrogens with zero attached hydrogens (tertiary/aromatic N) is 1. The van der Waals surface area contributed by atoms with Crippen LogP contribution in [0, 0.1) is 5.92 Å². The number of aliphatic carboxylic acids is 1. The largest absolute Gasteiger partial charge is 0.480 e. The summed E-state index contributed by atoms with van der Waals surface area (Å²) >= 11 is 0. The van der Waals surface area contributed by atoms with Gasteiger partial charge in [-0.25, -0.2) is 9.78 Å². The first-order valence-corrected chi connectivity index (χ1v) is 12.7. The number of benzene rings is 1. The highest BCUT2D eigenvalue weighted by Crippen LogP contribution is 2.09. The van der Waals surface area contributed by atoms with E-state index in [1.165, 1.54) is 12.5 Å². The van der Waals surface area contributed by atoms with Gasteiger partial charge in [-0.05, 0) is 43.7 Å². The summed E-state index contributed by atoms with van der Waals surface area (Å²) in [5.74, 6) is -3.27. The van der Waals surface area contributed by atoms with E-state index >= 15 is 0 Å². The zero-order valence-corrected chi connectivity index (χ0v) is 21.9. The molecule has 0 saturated heterocycles. The molecule has 4 unspecified atom stereocenters. The van der Waals surface area contributed by atoms with Gasteiger partial charge < -0.3 is 37.5 Å². The fourth-order valence-electron chi connectivity index (χ4n) is 3.87. The highest BCUT2D eigenvalue weighted by atomic mass is 16.4. The molecule has 0 radical (unpaired) electrons. The van der Waals surface area contributed by atoms with Crippen molar-refractivity contribution in [2.24, 2.45) is 17.4 Å². The summed E-state index contributed by atoms with van der Waals surface area (Å²) in [5, 5.41) is 17.5. The van der Waals surface area contributed by atoms with Gasteiger partial charge in [-0.2, -0.15) is 0 Å². The number of carbonyl (C=O) groups is 4. The number of amides is 3. The summed E-state index contributed by atoms with van der Waals surface area (Å²) in [6.45, 7) is 3.89. The molecule has 0 aliphatic rings. The number of rotatable bonds is 16. The fourth-order valence-corrected chi connectivity index (χ4v) is 3.87. The number of imidazole rings is 1. The van der Waals surface area contributed by atoms with Gasteiger partial charge in [0.1, 0.15) is 18.1 Å². The third-order valence-electron chi connectivity index (χ3n) is 6.06. The summed E-state index contributed by atoms with van der Waals surface area (Å²) in [5.41, 5.74) is 13.1. The van der Waals surface area contributed by atoms with Crippen LogP contribution in [0.3, 0.4) is 0 Å². The molecule has 0 spiro atoms. The normalized spacial score (nSPS) is 14.2. The first-order valence-electron chi connectivity index (χ1n) is 12.7. The highest BCUT2D eigenvalue weighted by Gasteiger charge is 2.32. The van der Waals surface area contributed by atoms with E-state index in [-0.39, 0.29) is 12.3 Å². The topological polar surface area (TPSA) is 205 Å². The van der Waals surface area contributed by atoms with E-state index in [0.29, 0.717) is 37.9 Å². The molecule has 12 heteroatoms. The molecule has 9 N–H and O–H groups in total. The number of carboxylic acid groups (broad SMARTS) is 1. The lowest BCUT2D eigenvalue weighted by molar-refractivity contribution is -0.142. The summed E-state index contributed by atoms with van der Waals surface area (Å²) in [4.78, 5) is 57.5. The molecular formula is C26H39N7O5. The number of hydrogen-bond donors (Lipinski definition) is 7. The minimum Gasteiger partial charge on any atom is -0.480 e. The Morgan fingerprint density at radius 2 is 1.63 bits per heavy atom. The molecule has 4 atom stereocenters. The van der Waals surface area contributed by atoms with Crippen LogP contribution in [-0.2, 0) is 32.0 Å². The average Bonchev–Trinajstić information content (AvgIpc) is 3.39. The first kappa shape index (κ1) is 30.5. The lowest BCUT2D eigenvalue weighted by atomic mass is 10.0. The van der Waals surface area contributed by atoms with Gasteiger partial charge >= 0.3 is 5.97 Å². The Labute approximate surface area is 222 Å². The Bertz CT molecular complexity index is 1030. The molecule has 0 bridgehead atoms. The molecule has 1 heterocycles. The van der Waals surface area contributed by atoms with Gasteiger partial charge in [-0.1, -0.05) is 44.2 Å². The van der Waals surface area contributed by atoms with Crippen molar-refractivity contribution in [1.29, 1.82) is 0 Å². The summed E-state index contributed by atoms with van der Waals surface area (Å²) < 4.78 is 0. The monoisotopic (exact) mass is 529 g/mol. The minimum absolute atomic E-state index is 0.00307. The third kappa shape index (κ3) is 9.94. The Hall–Kier alpha value is -3.77. The predicted molar refractivity (Wildman–Crippen MR) is 142 cm³/mol. The Morgan fingerprint density at radius 3 is 2.21 bits per heavy atom. The highest BCUT2D eigenvalue weighted by molar-refractivity contribution is 5.94. The van der Waals surface area contributed by atoms with E-state index in [1.54, 1.807) is 13.8 Å². The molecule has 3 amide bonds.